The van der Waals surface area contributed by atoms with Crippen molar-refractivity contribution in [1.82, 2.24) is 9.78 Å². The summed E-state index contributed by atoms with van der Waals surface area (Å²) in [5.74, 6) is 0. The van der Waals surface area contributed by atoms with E-state index >= 15 is 0 Å². The zero-order valence-corrected chi connectivity index (χ0v) is 13.4. The molecule has 5 nitrogen and oxygen atoms in total. The molecule has 0 N–H and O–H groups in total. The van der Waals surface area contributed by atoms with E-state index in [1.807, 2.05) is 0 Å². The van der Waals surface area contributed by atoms with Crippen molar-refractivity contribution in [2.75, 3.05) is 0 Å². The van der Waals surface area contributed by atoms with Gasteiger partial charge >= 0.3 is 6.09 Å². The lowest BCUT2D eigenvalue weighted by atomic mass is 10.0. The molecule has 114 valence electrons. The monoisotopic (exact) mass is 317 g/mol. The molecule has 0 amide bonds. The molecule has 6 heteroatoms. The number of ether oxygens (including phenoxy) is 1. The van der Waals surface area contributed by atoms with Crippen LogP contribution in [0, 0.1) is 11.3 Å². The van der Waals surface area contributed by atoms with Gasteiger partial charge in [0, 0.05) is 17.6 Å². The topological polar surface area (TPSA) is 67.9 Å². The van der Waals surface area contributed by atoms with Gasteiger partial charge in [-0.2, -0.15) is 15.0 Å². The molecule has 0 saturated carbocycles. The molecule has 0 radical (unpaired) electrons. The highest BCUT2D eigenvalue weighted by Gasteiger charge is 2.18. The normalized spacial score (nSPS) is 11.0. The number of halogens is 1. The van der Waals surface area contributed by atoms with Crippen molar-refractivity contribution in [3.8, 4) is 6.07 Å². The summed E-state index contributed by atoms with van der Waals surface area (Å²) >= 11 is 5.88. The van der Waals surface area contributed by atoms with E-state index in [2.05, 4.69) is 11.2 Å². The van der Waals surface area contributed by atoms with Crippen LogP contribution in [0.4, 0.5) is 4.79 Å². The van der Waals surface area contributed by atoms with Crippen molar-refractivity contribution in [2.24, 2.45) is 0 Å². The van der Waals surface area contributed by atoms with Gasteiger partial charge in [0.25, 0.3) is 0 Å². The second-order valence-corrected chi connectivity index (χ2v) is 6.30. The average Bonchev–Trinajstić information content (AvgIpc) is 2.87. The Morgan fingerprint density at radius 1 is 1.45 bits per heavy atom. The van der Waals surface area contributed by atoms with Crippen LogP contribution >= 0.6 is 11.6 Å². The highest BCUT2D eigenvalue weighted by atomic mass is 35.5. The molecule has 0 atom stereocenters. The Morgan fingerprint density at radius 2 is 2.18 bits per heavy atom. The molecule has 0 unspecified atom stereocenters. The summed E-state index contributed by atoms with van der Waals surface area (Å²) in [5, 5.41) is 13.7. The Kier molecular flexibility index (Phi) is 4.53. The number of hydrogen-bond acceptors (Lipinski definition) is 4. The van der Waals surface area contributed by atoms with Crippen molar-refractivity contribution >= 4 is 17.7 Å². The molecule has 0 bridgehead atoms. The highest BCUT2D eigenvalue weighted by molar-refractivity contribution is 6.30. The third-order valence-corrected chi connectivity index (χ3v) is 3.04. The maximum atomic E-state index is 11.9. The minimum Gasteiger partial charge on any atom is -0.442 e. The van der Waals surface area contributed by atoms with E-state index in [-0.39, 0.29) is 0 Å². The SMILES string of the molecule is CC(C)(C)OC(=O)n1cc(Cc2ccc(Cl)cc2C#N)cn1. The minimum atomic E-state index is -0.576. The summed E-state index contributed by atoms with van der Waals surface area (Å²) in [7, 11) is 0. The molecule has 1 aromatic heterocycles. The van der Waals surface area contributed by atoms with Gasteiger partial charge < -0.3 is 4.74 Å². The van der Waals surface area contributed by atoms with Crippen molar-refractivity contribution < 1.29 is 9.53 Å². The smallest absolute Gasteiger partial charge is 0.435 e. The van der Waals surface area contributed by atoms with Crippen LogP contribution in [-0.2, 0) is 11.2 Å². The molecule has 0 aliphatic carbocycles. The predicted octanol–water partition coefficient (Wildman–Crippen LogP) is 3.78. The summed E-state index contributed by atoms with van der Waals surface area (Å²) in [4.78, 5) is 11.9. The van der Waals surface area contributed by atoms with Crippen molar-refractivity contribution in [1.29, 1.82) is 5.26 Å². The van der Waals surface area contributed by atoms with Crippen LogP contribution < -0.4 is 0 Å². The van der Waals surface area contributed by atoms with Gasteiger partial charge in [0.2, 0.25) is 0 Å². The molecule has 22 heavy (non-hydrogen) atoms. The molecule has 1 aromatic carbocycles. The lowest BCUT2D eigenvalue weighted by molar-refractivity contribution is 0.0514. The maximum absolute atomic E-state index is 11.9. The fourth-order valence-electron chi connectivity index (χ4n) is 1.89. The van der Waals surface area contributed by atoms with Crippen LogP contribution in [0.2, 0.25) is 5.02 Å². The molecular weight excluding hydrogens is 302 g/mol. The first-order valence-corrected chi connectivity index (χ1v) is 7.12. The van der Waals surface area contributed by atoms with E-state index in [1.165, 1.54) is 0 Å². The number of carbonyl (C=O) groups is 1. The van der Waals surface area contributed by atoms with E-state index in [0.717, 1.165) is 15.8 Å². The summed E-state index contributed by atoms with van der Waals surface area (Å²) in [6.45, 7) is 5.38. The Labute approximate surface area is 134 Å². The summed E-state index contributed by atoms with van der Waals surface area (Å²) in [5.41, 5.74) is 1.57. The van der Waals surface area contributed by atoms with Gasteiger partial charge in [-0.25, -0.2) is 4.79 Å². The number of rotatable bonds is 2. The van der Waals surface area contributed by atoms with E-state index in [0.29, 0.717) is 17.0 Å². The van der Waals surface area contributed by atoms with Crippen molar-refractivity contribution in [2.45, 2.75) is 32.8 Å². The Hall–Kier alpha value is -2.32. The second kappa shape index (κ2) is 6.20. The predicted molar refractivity (Wildman–Crippen MR) is 82.8 cm³/mol. The lowest BCUT2D eigenvalue weighted by Crippen LogP contribution is -2.27. The van der Waals surface area contributed by atoms with E-state index in [4.69, 9.17) is 21.6 Å². The van der Waals surface area contributed by atoms with Crippen LogP contribution in [-0.4, -0.2) is 21.5 Å². The maximum Gasteiger partial charge on any atom is 0.435 e. The van der Waals surface area contributed by atoms with Gasteiger partial charge in [-0.3, -0.25) is 0 Å². The quantitative estimate of drug-likeness (QED) is 0.845. The first-order valence-electron chi connectivity index (χ1n) is 6.74. The largest absolute Gasteiger partial charge is 0.442 e. The average molecular weight is 318 g/mol. The van der Waals surface area contributed by atoms with Crippen LogP contribution in [0.1, 0.15) is 37.5 Å². The molecule has 2 aromatic rings. The van der Waals surface area contributed by atoms with Crippen LogP contribution in [0.3, 0.4) is 0 Å². The van der Waals surface area contributed by atoms with Gasteiger partial charge in [-0.15, -0.1) is 0 Å². The lowest BCUT2D eigenvalue weighted by Gasteiger charge is -2.18. The summed E-state index contributed by atoms with van der Waals surface area (Å²) < 4.78 is 6.39. The number of hydrogen-bond donors (Lipinski definition) is 0. The van der Waals surface area contributed by atoms with Gasteiger partial charge in [0.05, 0.1) is 17.8 Å². The van der Waals surface area contributed by atoms with Crippen LogP contribution in [0.25, 0.3) is 0 Å². The number of nitrogens with zero attached hydrogens (tertiary/aromatic N) is 3. The molecule has 2 rings (SSSR count). The first-order chi connectivity index (χ1) is 10.3. The van der Waals surface area contributed by atoms with E-state index in [1.54, 1.807) is 51.4 Å². The fourth-order valence-corrected chi connectivity index (χ4v) is 2.06. The molecule has 0 spiro atoms. The Bertz CT molecular complexity index is 739. The Morgan fingerprint density at radius 3 is 2.82 bits per heavy atom. The third-order valence-electron chi connectivity index (χ3n) is 2.80. The Balaban J connectivity index is 2.16. The van der Waals surface area contributed by atoms with Gasteiger partial charge in [-0.1, -0.05) is 17.7 Å². The van der Waals surface area contributed by atoms with Gasteiger partial charge in [0.1, 0.15) is 5.60 Å². The molecule has 0 fully saturated rings. The number of aromatic nitrogens is 2. The standard InChI is InChI=1S/C16H16ClN3O2/c1-16(2,3)22-15(21)20-10-11(9-19-20)6-12-4-5-14(17)7-13(12)8-18/h4-5,7,9-10H,6H2,1-3H3. The number of benzene rings is 1. The molecule has 0 saturated heterocycles. The second-order valence-electron chi connectivity index (χ2n) is 5.86. The third kappa shape index (κ3) is 4.09. The summed E-state index contributed by atoms with van der Waals surface area (Å²) in [6, 6.07) is 7.26. The molecular formula is C16H16ClN3O2. The highest BCUT2D eigenvalue weighted by Crippen LogP contribution is 2.18. The first kappa shape index (κ1) is 16.1. The molecule has 0 aliphatic heterocycles. The number of carbonyl (C=O) groups excluding carboxylic acids is 1. The van der Waals surface area contributed by atoms with Crippen LogP contribution in [0.5, 0.6) is 0 Å². The van der Waals surface area contributed by atoms with Crippen molar-refractivity contribution in [3.63, 3.8) is 0 Å². The van der Waals surface area contributed by atoms with E-state index in [9.17, 15) is 4.79 Å². The zero-order chi connectivity index (χ0) is 16.3. The summed E-state index contributed by atoms with van der Waals surface area (Å²) in [6.07, 6.45) is 3.14. The minimum absolute atomic E-state index is 0.489. The van der Waals surface area contributed by atoms with Gasteiger partial charge in [0.15, 0.2) is 0 Å². The molecule has 0 aliphatic rings. The van der Waals surface area contributed by atoms with E-state index < -0.39 is 11.7 Å². The van der Waals surface area contributed by atoms with Crippen molar-refractivity contribution in [3.05, 3.63) is 52.3 Å². The van der Waals surface area contributed by atoms with Crippen LogP contribution in [0.15, 0.2) is 30.6 Å². The number of nitriles is 1. The van der Waals surface area contributed by atoms with Gasteiger partial charge in [-0.05, 0) is 44.0 Å². The fraction of sp³-hybridized carbons (Fsp3) is 0.312. The zero-order valence-electron chi connectivity index (χ0n) is 12.6. The molecule has 1 heterocycles.